The zero-order valence-corrected chi connectivity index (χ0v) is 15.6. The van der Waals surface area contributed by atoms with Gasteiger partial charge in [0.25, 0.3) is 5.91 Å². The third-order valence-electron chi connectivity index (χ3n) is 3.43. The van der Waals surface area contributed by atoms with Crippen LogP contribution < -0.4 is 5.32 Å². The number of aryl methyl sites for hydroxylation is 1. The number of hydrogen-bond acceptors (Lipinski definition) is 3. The maximum absolute atomic E-state index is 12.5. The Morgan fingerprint density at radius 1 is 1.12 bits per heavy atom. The van der Waals surface area contributed by atoms with Crippen LogP contribution in [0.25, 0.3) is 0 Å². The molecule has 2 rings (SSSR count). The molecule has 128 valence electrons. The molecule has 0 spiro atoms. The van der Waals surface area contributed by atoms with E-state index in [0.717, 1.165) is 4.31 Å². The second-order valence-corrected chi connectivity index (χ2v) is 8.26. The number of nitrogens with zero attached hydrogens (tertiary/aromatic N) is 1. The van der Waals surface area contributed by atoms with E-state index in [9.17, 15) is 13.2 Å². The van der Waals surface area contributed by atoms with Gasteiger partial charge >= 0.3 is 0 Å². The predicted octanol–water partition coefficient (Wildman–Crippen LogP) is 3.80. The average Bonchev–Trinajstić information content (AvgIpc) is 2.51. The Morgan fingerprint density at radius 3 is 2.42 bits per heavy atom. The lowest BCUT2D eigenvalue weighted by atomic mass is 10.1. The molecule has 2 aromatic carbocycles. The van der Waals surface area contributed by atoms with Crippen molar-refractivity contribution in [3.05, 3.63) is 57.6 Å². The minimum Gasteiger partial charge on any atom is -0.321 e. The second-order valence-electron chi connectivity index (χ2n) is 5.32. The number of carbonyl (C=O) groups excluding carboxylic acids is 1. The van der Waals surface area contributed by atoms with Gasteiger partial charge in [0.15, 0.2) is 0 Å². The fourth-order valence-corrected chi connectivity index (χ4v) is 3.28. The van der Waals surface area contributed by atoms with Crippen molar-refractivity contribution < 1.29 is 13.2 Å². The van der Waals surface area contributed by atoms with Crippen LogP contribution in [0.3, 0.4) is 0 Å². The molecule has 5 nitrogen and oxygen atoms in total. The van der Waals surface area contributed by atoms with Crippen LogP contribution in [0.1, 0.15) is 15.9 Å². The predicted molar refractivity (Wildman–Crippen MR) is 96.5 cm³/mol. The normalized spacial score (nSPS) is 11.6. The van der Waals surface area contributed by atoms with Gasteiger partial charge < -0.3 is 5.32 Å². The molecule has 0 aliphatic carbocycles. The maximum Gasteiger partial charge on any atom is 0.256 e. The lowest BCUT2D eigenvalue weighted by Crippen LogP contribution is -2.23. The highest BCUT2D eigenvalue weighted by molar-refractivity contribution is 7.89. The van der Waals surface area contributed by atoms with Crippen LogP contribution in [-0.2, 0) is 10.0 Å². The maximum atomic E-state index is 12.5. The fourth-order valence-electron chi connectivity index (χ4n) is 2.01. The van der Waals surface area contributed by atoms with Gasteiger partial charge in [-0.25, -0.2) is 12.7 Å². The summed E-state index contributed by atoms with van der Waals surface area (Å²) in [5.74, 6) is -0.465. The Kier molecular flexibility index (Phi) is 5.55. The number of nitrogens with one attached hydrogen (secondary N) is 1. The fraction of sp³-hybridized carbons (Fsp3) is 0.188. The monoisotopic (exact) mass is 386 g/mol. The molecule has 2 aromatic rings. The first kappa shape index (κ1) is 18.7. The highest BCUT2D eigenvalue weighted by atomic mass is 35.5. The van der Waals surface area contributed by atoms with E-state index in [1.54, 1.807) is 31.2 Å². The number of rotatable bonds is 4. The molecule has 8 heteroatoms. The highest BCUT2D eigenvalue weighted by Crippen LogP contribution is 2.30. The van der Waals surface area contributed by atoms with Crippen molar-refractivity contribution >= 4 is 44.8 Å². The summed E-state index contributed by atoms with van der Waals surface area (Å²) in [6.07, 6.45) is 0. The van der Waals surface area contributed by atoms with Crippen LogP contribution >= 0.6 is 23.2 Å². The van der Waals surface area contributed by atoms with E-state index in [-0.39, 0.29) is 15.5 Å². The third-order valence-corrected chi connectivity index (χ3v) is 6.06. The Bertz CT molecular complexity index is 896. The summed E-state index contributed by atoms with van der Waals surface area (Å²) in [4.78, 5) is 12.6. The lowest BCUT2D eigenvalue weighted by Gasteiger charge is -2.14. The van der Waals surface area contributed by atoms with Crippen LogP contribution in [0, 0.1) is 6.92 Å². The molecule has 0 aliphatic heterocycles. The van der Waals surface area contributed by atoms with Gasteiger partial charge in [0, 0.05) is 19.7 Å². The zero-order valence-electron chi connectivity index (χ0n) is 13.3. The molecule has 0 heterocycles. The van der Waals surface area contributed by atoms with Crippen molar-refractivity contribution in [1.29, 1.82) is 0 Å². The molecule has 0 aliphatic rings. The number of amides is 1. The molecule has 0 fully saturated rings. The van der Waals surface area contributed by atoms with Gasteiger partial charge in [0.1, 0.15) is 0 Å². The minimum atomic E-state index is -3.63. The topological polar surface area (TPSA) is 66.5 Å². The standard InChI is InChI=1S/C16H16Cl2N2O3S/c1-10-7-8-11(24(22,23)20(2)3)9-12(10)16(21)19-14-6-4-5-13(17)15(14)18/h4-9H,1-3H3,(H,19,21). The van der Waals surface area contributed by atoms with E-state index < -0.39 is 15.9 Å². The Balaban J connectivity index is 2.41. The quantitative estimate of drug-likeness (QED) is 0.868. The Morgan fingerprint density at radius 2 is 1.79 bits per heavy atom. The number of benzene rings is 2. The Labute approximate surface area is 151 Å². The van der Waals surface area contributed by atoms with Crippen LogP contribution in [0.15, 0.2) is 41.3 Å². The lowest BCUT2D eigenvalue weighted by molar-refractivity contribution is 0.102. The van der Waals surface area contributed by atoms with Gasteiger partial charge in [-0.05, 0) is 36.8 Å². The summed E-state index contributed by atoms with van der Waals surface area (Å²) in [7, 11) is -0.769. The van der Waals surface area contributed by atoms with Crippen LogP contribution in [-0.4, -0.2) is 32.7 Å². The first-order valence-electron chi connectivity index (χ1n) is 6.93. The van der Waals surface area contributed by atoms with E-state index >= 15 is 0 Å². The molecular formula is C16H16Cl2N2O3S. The number of carbonyl (C=O) groups is 1. The van der Waals surface area contributed by atoms with Crippen LogP contribution in [0.2, 0.25) is 10.0 Å². The van der Waals surface area contributed by atoms with E-state index in [1.165, 1.54) is 26.2 Å². The van der Waals surface area contributed by atoms with Crippen molar-refractivity contribution in [2.45, 2.75) is 11.8 Å². The molecule has 24 heavy (non-hydrogen) atoms. The number of hydrogen-bond donors (Lipinski definition) is 1. The first-order chi connectivity index (χ1) is 11.1. The summed E-state index contributed by atoms with van der Waals surface area (Å²) in [5.41, 5.74) is 1.24. The van der Waals surface area contributed by atoms with Gasteiger partial charge in [0.2, 0.25) is 10.0 Å². The SMILES string of the molecule is Cc1ccc(S(=O)(=O)N(C)C)cc1C(=O)Nc1cccc(Cl)c1Cl. The third kappa shape index (κ3) is 3.72. The van der Waals surface area contributed by atoms with Crippen molar-refractivity contribution in [2.24, 2.45) is 0 Å². The zero-order chi connectivity index (χ0) is 18.1. The van der Waals surface area contributed by atoms with Crippen molar-refractivity contribution in [2.75, 3.05) is 19.4 Å². The molecule has 0 aromatic heterocycles. The average molecular weight is 387 g/mol. The summed E-state index contributed by atoms with van der Waals surface area (Å²) in [6.45, 7) is 1.72. The molecule has 0 saturated heterocycles. The first-order valence-corrected chi connectivity index (χ1v) is 9.12. The van der Waals surface area contributed by atoms with Gasteiger partial charge in [0.05, 0.1) is 20.6 Å². The second kappa shape index (κ2) is 7.11. The number of sulfonamides is 1. The number of anilines is 1. The van der Waals surface area contributed by atoms with E-state index in [1.807, 2.05) is 0 Å². The molecule has 0 saturated carbocycles. The molecule has 1 amide bonds. The van der Waals surface area contributed by atoms with E-state index in [4.69, 9.17) is 23.2 Å². The highest BCUT2D eigenvalue weighted by Gasteiger charge is 2.20. The van der Waals surface area contributed by atoms with Gasteiger partial charge in [-0.15, -0.1) is 0 Å². The van der Waals surface area contributed by atoms with Crippen LogP contribution in [0.4, 0.5) is 5.69 Å². The summed E-state index contributed by atoms with van der Waals surface area (Å²) < 4.78 is 25.6. The Hall–Kier alpha value is -1.60. The van der Waals surface area contributed by atoms with Gasteiger partial charge in [-0.2, -0.15) is 0 Å². The van der Waals surface area contributed by atoms with Gasteiger partial charge in [-0.1, -0.05) is 35.3 Å². The molecular weight excluding hydrogens is 371 g/mol. The van der Waals surface area contributed by atoms with Gasteiger partial charge in [-0.3, -0.25) is 4.79 Å². The summed E-state index contributed by atoms with van der Waals surface area (Å²) in [5, 5.41) is 3.19. The molecule has 0 radical (unpaired) electrons. The molecule has 0 unspecified atom stereocenters. The van der Waals surface area contributed by atoms with Crippen LogP contribution in [0.5, 0.6) is 0 Å². The summed E-state index contributed by atoms with van der Waals surface area (Å²) >= 11 is 12.0. The molecule has 0 atom stereocenters. The smallest absolute Gasteiger partial charge is 0.256 e. The molecule has 0 bridgehead atoms. The van der Waals surface area contributed by atoms with Crippen molar-refractivity contribution in [1.82, 2.24) is 4.31 Å². The largest absolute Gasteiger partial charge is 0.321 e. The molecule has 1 N–H and O–H groups in total. The van der Waals surface area contributed by atoms with E-state index in [0.29, 0.717) is 16.3 Å². The van der Waals surface area contributed by atoms with E-state index in [2.05, 4.69) is 5.32 Å². The summed E-state index contributed by atoms with van der Waals surface area (Å²) in [6, 6.07) is 9.28. The number of halogens is 2. The minimum absolute atomic E-state index is 0.0421. The van der Waals surface area contributed by atoms with Crippen molar-refractivity contribution in [3.8, 4) is 0 Å². The van der Waals surface area contributed by atoms with Crippen molar-refractivity contribution in [3.63, 3.8) is 0 Å².